The van der Waals surface area contributed by atoms with Crippen molar-refractivity contribution in [2.75, 3.05) is 0 Å². The van der Waals surface area contributed by atoms with Gasteiger partial charge in [0.2, 0.25) is 0 Å². The maximum absolute atomic E-state index is 13.6. The molecule has 3 heterocycles. The van der Waals surface area contributed by atoms with E-state index < -0.39 is 41.1 Å². The lowest BCUT2D eigenvalue weighted by atomic mass is 9.97. The van der Waals surface area contributed by atoms with Crippen LogP contribution in [0.5, 0.6) is 0 Å². The van der Waals surface area contributed by atoms with Gasteiger partial charge in [-0.3, -0.25) is 9.78 Å². The van der Waals surface area contributed by atoms with Crippen LogP contribution in [0.1, 0.15) is 38.8 Å². The minimum Gasteiger partial charge on any atom is -0.340 e. The molecule has 0 spiro atoms. The Labute approximate surface area is 182 Å². The summed E-state index contributed by atoms with van der Waals surface area (Å²) in [7, 11) is 0. The lowest BCUT2D eigenvalue weighted by Gasteiger charge is -2.23. The quantitative estimate of drug-likeness (QED) is 0.418. The van der Waals surface area contributed by atoms with E-state index in [9.17, 15) is 31.1 Å². The van der Waals surface area contributed by atoms with Gasteiger partial charge in [-0.2, -0.15) is 26.3 Å². The first-order valence-electron chi connectivity index (χ1n) is 9.47. The number of rotatable bonds is 4. The highest BCUT2D eigenvalue weighted by molar-refractivity contribution is 5.95. The topological polar surface area (TPSA) is 59.3 Å². The van der Waals surface area contributed by atoms with Crippen LogP contribution < -0.4 is 5.32 Å². The minimum atomic E-state index is -4.80. The Morgan fingerprint density at radius 2 is 1.61 bits per heavy atom. The van der Waals surface area contributed by atoms with Gasteiger partial charge in [0.25, 0.3) is 5.91 Å². The summed E-state index contributed by atoms with van der Waals surface area (Å²) >= 11 is 0. The van der Waals surface area contributed by atoms with Crippen molar-refractivity contribution in [1.29, 1.82) is 0 Å². The zero-order chi connectivity index (χ0) is 23.8. The molecule has 3 aromatic heterocycles. The third-order valence-corrected chi connectivity index (χ3v) is 4.92. The van der Waals surface area contributed by atoms with Crippen LogP contribution in [0.25, 0.3) is 5.65 Å². The van der Waals surface area contributed by atoms with Crippen LogP contribution in [0.2, 0.25) is 0 Å². The number of nitrogens with one attached hydrogen (secondary N) is 1. The molecule has 33 heavy (non-hydrogen) atoms. The van der Waals surface area contributed by atoms with E-state index >= 15 is 0 Å². The Morgan fingerprint density at radius 1 is 0.879 bits per heavy atom. The van der Waals surface area contributed by atoms with Crippen molar-refractivity contribution in [2.45, 2.75) is 18.4 Å². The predicted molar refractivity (Wildman–Crippen MR) is 105 cm³/mol. The summed E-state index contributed by atoms with van der Waals surface area (Å²) in [4.78, 5) is 20.8. The van der Waals surface area contributed by atoms with E-state index in [1.165, 1.54) is 18.3 Å². The number of hydrogen-bond acceptors (Lipinski definition) is 3. The van der Waals surface area contributed by atoms with Gasteiger partial charge in [-0.1, -0.05) is 12.1 Å². The van der Waals surface area contributed by atoms with E-state index in [0.717, 1.165) is 42.6 Å². The summed E-state index contributed by atoms with van der Waals surface area (Å²) in [5, 5.41) is 2.47. The second-order valence-electron chi connectivity index (χ2n) is 7.07. The number of halogens is 6. The first-order valence-corrected chi connectivity index (χ1v) is 9.47. The molecule has 1 N–H and O–H groups in total. The van der Waals surface area contributed by atoms with Crippen LogP contribution in [0.4, 0.5) is 26.3 Å². The Hall–Kier alpha value is -3.89. The smallest absolute Gasteiger partial charge is 0.340 e. The van der Waals surface area contributed by atoms with Crippen molar-refractivity contribution in [3.05, 3.63) is 101 Å². The molecule has 0 bridgehead atoms. The number of carbonyl (C=O) groups excluding carboxylic acids is 1. The van der Waals surface area contributed by atoms with Crippen molar-refractivity contribution in [2.24, 2.45) is 0 Å². The van der Waals surface area contributed by atoms with Crippen molar-refractivity contribution >= 4 is 11.6 Å². The standard InChI is InChI=1S/C22H14F6N4O/c23-21(24,25)15-5-3-13(4-6-15)18(19-16(22(26,27)28)2-1-8-30-19)31-20(33)14-7-10-32-11-9-29-17(32)12-14/h1-12,18H,(H,31,33)/t18-/m0/s1. The SMILES string of the molecule is O=C(N[C@@H](c1ccc(C(F)(F)F)cc1)c1ncccc1C(F)(F)F)c1ccn2ccnc2c1. The van der Waals surface area contributed by atoms with E-state index in [4.69, 9.17) is 0 Å². The van der Waals surface area contributed by atoms with Gasteiger partial charge >= 0.3 is 12.4 Å². The molecule has 1 atom stereocenters. The molecule has 0 fully saturated rings. The van der Waals surface area contributed by atoms with Crippen molar-refractivity contribution in [3.8, 4) is 0 Å². The number of pyridine rings is 2. The van der Waals surface area contributed by atoms with Gasteiger partial charge in [-0.15, -0.1) is 0 Å². The van der Waals surface area contributed by atoms with Gasteiger partial charge in [0.05, 0.1) is 22.9 Å². The molecular formula is C22H14F6N4O. The molecule has 1 aromatic carbocycles. The second-order valence-corrected chi connectivity index (χ2v) is 7.07. The first-order chi connectivity index (χ1) is 15.5. The van der Waals surface area contributed by atoms with Crippen molar-refractivity contribution in [1.82, 2.24) is 19.7 Å². The molecule has 4 aromatic rings. The lowest BCUT2D eigenvalue weighted by molar-refractivity contribution is -0.139. The maximum Gasteiger partial charge on any atom is 0.418 e. The van der Waals surface area contributed by atoms with Crippen LogP contribution in [0.3, 0.4) is 0 Å². The van der Waals surface area contributed by atoms with Gasteiger partial charge in [0, 0.05) is 30.4 Å². The maximum atomic E-state index is 13.6. The summed E-state index contributed by atoms with van der Waals surface area (Å²) in [6.45, 7) is 0. The summed E-state index contributed by atoms with van der Waals surface area (Å²) in [6, 6.07) is 6.79. The fourth-order valence-corrected chi connectivity index (χ4v) is 3.33. The van der Waals surface area contributed by atoms with Gasteiger partial charge in [0.15, 0.2) is 0 Å². The summed E-state index contributed by atoms with van der Waals surface area (Å²) < 4.78 is 81.4. The van der Waals surface area contributed by atoms with Crippen molar-refractivity contribution < 1.29 is 31.1 Å². The zero-order valence-corrected chi connectivity index (χ0v) is 16.5. The number of amides is 1. The van der Waals surface area contributed by atoms with Gasteiger partial charge < -0.3 is 9.72 Å². The number of fused-ring (bicyclic) bond motifs is 1. The van der Waals surface area contributed by atoms with E-state index in [0.29, 0.717) is 5.65 Å². The molecule has 0 radical (unpaired) electrons. The fourth-order valence-electron chi connectivity index (χ4n) is 3.33. The van der Waals surface area contributed by atoms with E-state index in [1.807, 2.05) is 0 Å². The highest BCUT2D eigenvalue weighted by Gasteiger charge is 2.37. The monoisotopic (exact) mass is 464 g/mol. The van der Waals surface area contributed by atoms with Crippen molar-refractivity contribution in [3.63, 3.8) is 0 Å². The Balaban J connectivity index is 1.77. The van der Waals surface area contributed by atoms with Crippen LogP contribution in [-0.2, 0) is 12.4 Å². The molecule has 11 heteroatoms. The average molecular weight is 464 g/mol. The van der Waals surface area contributed by atoms with Crippen LogP contribution in [-0.4, -0.2) is 20.3 Å². The third kappa shape index (κ3) is 4.66. The number of carbonyl (C=O) groups is 1. The van der Waals surface area contributed by atoms with E-state index in [-0.39, 0.29) is 11.1 Å². The van der Waals surface area contributed by atoms with E-state index in [2.05, 4.69) is 15.3 Å². The number of imidazole rings is 1. The molecule has 4 rings (SSSR count). The van der Waals surface area contributed by atoms with Gasteiger partial charge in [-0.05, 0) is 42.0 Å². The first kappa shape index (κ1) is 22.3. The largest absolute Gasteiger partial charge is 0.418 e. The highest BCUT2D eigenvalue weighted by Crippen LogP contribution is 2.36. The molecule has 0 aliphatic carbocycles. The Bertz CT molecular complexity index is 1290. The van der Waals surface area contributed by atoms with Crippen LogP contribution in [0.15, 0.2) is 73.3 Å². The normalized spacial score (nSPS) is 13.2. The molecular weight excluding hydrogens is 450 g/mol. The number of nitrogens with zero attached hydrogens (tertiary/aromatic N) is 3. The van der Waals surface area contributed by atoms with Gasteiger partial charge in [0.1, 0.15) is 5.65 Å². The molecule has 5 nitrogen and oxygen atoms in total. The lowest BCUT2D eigenvalue weighted by Crippen LogP contribution is -2.31. The number of alkyl halides is 6. The Kier molecular flexibility index (Phi) is 5.56. The molecule has 0 aliphatic heterocycles. The average Bonchev–Trinajstić information content (AvgIpc) is 3.24. The molecule has 0 saturated heterocycles. The Morgan fingerprint density at radius 3 is 2.27 bits per heavy atom. The molecule has 1 amide bonds. The van der Waals surface area contributed by atoms with Crippen LogP contribution >= 0.6 is 0 Å². The number of aromatic nitrogens is 3. The zero-order valence-electron chi connectivity index (χ0n) is 16.5. The predicted octanol–water partition coefficient (Wildman–Crippen LogP) is 5.29. The third-order valence-electron chi connectivity index (χ3n) is 4.92. The molecule has 170 valence electrons. The number of hydrogen-bond donors (Lipinski definition) is 1. The second kappa shape index (κ2) is 8.23. The van der Waals surface area contributed by atoms with Gasteiger partial charge in [-0.25, -0.2) is 4.98 Å². The summed E-state index contributed by atoms with van der Waals surface area (Å²) in [5.74, 6) is -0.746. The molecule has 0 aliphatic rings. The fraction of sp³-hybridized carbons (Fsp3) is 0.136. The summed E-state index contributed by atoms with van der Waals surface area (Å²) in [5.41, 5.74) is -2.09. The van der Waals surface area contributed by atoms with Crippen LogP contribution in [0, 0.1) is 0 Å². The summed E-state index contributed by atoms with van der Waals surface area (Å²) in [6.07, 6.45) is -3.61. The van der Waals surface area contributed by atoms with E-state index in [1.54, 1.807) is 16.8 Å². The molecule has 0 unspecified atom stereocenters. The minimum absolute atomic E-state index is 0.00226. The number of benzene rings is 1. The molecule has 0 saturated carbocycles. The highest BCUT2D eigenvalue weighted by atomic mass is 19.4.